The van der Waals surface area contributed by atoms with Crippen molar-refractivity contribution in [1.29, 1.82) is 0 Å². The molecule has 0 bridgehead atoms. The molecule has 0 fully saturated rings. The molecule has 3 heterocycles. The number of aromatic nitrogens is 4. The predicted octanol–water partition coefficient (Wildman–Crippen LogP) is 0.918. The summed E-state index contributed by atoms with van der Waals surface area (Å²) in [7, 11) is 1.75. The summed E-state index contributed by atoms with van der Waals surface area (Å²) in [5.41, 5.74) is 4.26. The molecule has 2 amide bonds. The van der Waals surface area contributed by atoms with Crippen LogP contribution in [0.4, 0.5) is 0 Å². The molecule has 0 unspecified atom stereocenters. The zero-order valence-electron chi connectivity index (χ0n) is 15.8. The highest BCUT2D eigenvalue weighted by Crippen LogP contribution is 2.21. The summed E-state index contributed by atoms with van der Waals surface area (Å²) in [5.74, 6) is 0.391. The smallest absolute Gasteiger partial charge is 0.271 e. The lowest BCUT2D eigenvalue weighted by atomic mass is 9.95. The number of carbonyl (C=O) groups is 2. The molecule has 0 radical (unpaired) electrons. The maximum atomic E-state index is 12.4. The second kappa shape index (κ2) is 7.09. The average Bonchev–Trinajstić information content (AvgIpc) is 3.10. The van der Waals surface area contributed by atoms with Gasteiger partial charge in [-0.2, -0.15) is 5.10 Å². The molecule has 2 aromatic rings. The molecule has 8 nitrogen and oxygen atoms in total. The quantitative estimate of drug-likeness (QED) is 0.866. The maximum absolute atomic E-state index is 12.4. The van der Waals surface area contributed by atoms with Crippen molar-refractivity contribution in [1.82, 2.24) is 30.0 Å². The normalized spacial score (nSPS) is 16.1. The molecule has 1 aliphatic heterocycles. The van der Waals surface area contributed by atoms with Crippen LogP contribution in [0.3, 0.4) is 0 Å². The zero-order valence-corrected chi connectivity index (χ0v) is 15.8. The van der Waals surface area contributed by atoms with Gasteiger partial charge in [0.2, 0.25) is 0 Å². The fraction of sp³-hybridized carbons (Fsp3) is 0.526. The van der Waals surface area contributed by atoms with E-state index in [0.29, 0.717) is 31.7 Å². The predicted molar refractivity (Wildman–Crippen MR) is 98.6 cm³/mol. The topological polar surface area (TPSA) is 93.0 Å². The molecule has 0 aromatic carbocycles. The fourth-order valence-corrected chi connectivity index (χ4v) is 3.75. The van der Waals surface area contributed by atoms with Gasteiger partial charge in [-0.05, 0) is 38.2 Å². The first-order chi connectivity index (χ1) is 13.0. The number of rotatable bonds is 4. The summed E-state index contributed by atoms with van der Waals surface area (Å²) < 4.78 is 1.60. The standard InChI is InChI=1S/C19H24N6O2/c1-12-13-5-3-4-6-14(13)22-17(21-12)7-8-20-18(26)15-11-16-19(27)24(2)9-10-25(16)23-15/h11H,3-10H2,1-2H3,(H,20,26). The van der Waals surface area contributed by atoms with E-state index in [1.54, 1.807) is 22.7 Å². The maximum Gasteiger partial charge on any atom is 0.271 e. The minimum atomic E-state index is -0.276. The van der Waals surface area contributed by atoms with E-state index in [2.05, 4.69) is 20.4 Å². The molecule has 2 aromatic heterocycles. The second-order valence-electron chi connectivity index (χ2n) is 7.23. The van der Waals surface area contributed by atoms with Crippen LogP contribution in [0, 0.1) is 6.92 Å². The number of hydrogen-bond acceptors (Lipinski definition) is 5. The van der Waals surface area contributed by atoms with E-state index >= 15 is 0 Å². The average molecular weight is 368 g/mol. The molecule has 1 aliphatic carbocycles. The van der Waals surface area contributed by atoms with Crippen LogP contribution in [0.1, 0.15) is 56.6 Å². The molecule has 0 saturated heterocycles. The van der Waals surface area contributed by atoms with Gasteiger partial charge in [0, 0.05) is 44.0 Å². The third kappa shape index (κ3) is 3.43. The lowest BCUT2D eigenvalue weighted by molar-refractivity contribution is 0.0742. The van der Waals surface area contributed by atoms with Gasteiger partial charge in [-0.3, -0.25) is 14.3 Å². The number of fused-ring (bicyclic) bond motifs is 2. The fourth-order valence-electron chi connectivity index (χ4n) is 3.75. The van der Waals surface area contributed by atoms with Gasteiger partial charge in [0.05, 0.1) is 6.54 Å². The van der Waals surface area contributed by atoms with Crippen LogP contribution in [-0.2, 0) is 25.8 Å². The van der Waals surface area contributed by atoms with Crippen molar-refractivity contribution in [3.63, 3.8) is 0 Å². The SMILES string of the molecule is Cc1nc(CCNC(=O)c2cc3n(n2)CCN(C)C3=O)nc2c1CCCC2. The number of aryl methyl sites for hydroxylation is 2. The number of likely N-dealkylation sites (N-methyl/N-ethyl adjacent to an activating group) is 1. The Morgan fingerprint density at radius 2 is 2.04 bits per heavy atom. The summed E-state index contributed by atoms with van der Waals surface area (Å²) in [4.78, 5) is 35.4. The highest BCUT2D eigenvalue weighted by atomic mass is 16.2. The number of nitrogens with zero attached hydrogens (tertiary/aromatic N) is 5. The Hall–Kier alpha value is -2.77. The van der Waals surface area contributed by atoms with Crippen LogP contribution in [0.25, 0.3) is 0 Å². The molecule has 1 N–H and O–H groups in total. The Morgan fingerprint density at radius 3 is 2.89 bits per heavy atom. The largest absolute Gasteiger partial charge is 0.350 e. The molecule has 0 atom stereocenters. The number of amides is 2. The van der Waals surface area contributed by atoms with Crippen molar-refractivity contribution in [3.05, 3.63) is 40.2 Å². The minimum absolute atomic E-state index is 0.106. The number of nitrogens with one attached hydrogen (secondary N) is 1. The van der Waals surface area contributed by atoms with E-state index in [-0.39, 0.29) is 17.5 Å². The van der Waals surface area contributed by atoms with Gasteiger partial charge in [-0.25, -0.2) is 9.97 Å². The minimum Gasteiger partial charge on any atom is -0.350 e. The Labute approximate surface area is 158 Å². The van der Waals surface area contributed by atoms with Gasteiger partial charge in [0.15, 0.2) is 5.69 Å². The van der Waals surface area contributed by atoms with Gasteiger partial charge >= 0.3 is 0 Å². The summed E-state index contributed by atoms with van der Waals surface area (Å²) in [5, 5.41) is 7.12. The van der Waals surface area contributed by atoms with E-state index in [1.165, 1.54) is 24.1 Å². The van der Waals surface area contributed by atoms with Gasteiger partial charge in [0.25, 0.3) is 11.8 Å². The summed E-state index contributed by atoms with van der Waals surface area (Å²) in [6.07, 6.45) is 5.05. The van der Waals surface area contributed by atoms with Crippen molar-refractivity contribution in [2.75, 3.05) is 20.1 Å². The van der Waals surface area contributed by atoms with Crippen LogP contribution in [-0.4, -0.2) is 56.6 Å². The van der Waals surface area contributed by atoms with Crippen molar-refractivity contribution in [3.8, 4) is 0 Å². The van der Waals surface area contributed by atoms with E-state index in [0.717, 1.165) is 24.4 Å². The molecule has 142 valence electrons. The van der Waals surface area contributed by atoms with E-state index in [9.17, 15) is 9.59 Å². The molecule has 4 rings (SSSR count). The Balaban J connectivity index is 1.39. The third-order valence-corrected chi connectivity index (χ3v) is 5.30. The summed E-state index contributed by atoms with van der Waals surface area (Å²) in [6.45, 7) is 3.68. The van der Waals surface area contributed by atoms with Crippen molar-refractivity contribution in [2.45, 2.75) is 45.6 Å². The van der Waals surface area contributed by atoms with Crippen LogP contribution in [0.15, 0.2) is 6.07 Å². The van der Waals surface area contributed by atoms with Gasteiger partial charge in [-0.15, -0.1) is 0 Å². The zero-order chi connectivity index (χ0) is 19.0. The molecule has 8 heteroatoms. The molecule has 2 aliphatic rings. The van der Waals surface area contributed by atoms with E-state index in [4.69, 9.17) is 0 Å². The van der Waals surface area contributed by atoms with Crippen LogP contribution < -0.4 is 5.32 Å². The first kappa shape index (κ1) is 17.6. The van der Waals surface area contributed by atoms with Crippen LogP contribution in [0.5, 0.6) is 0 Å². The molecule has 27 heavy (non-hydrogen) atoms. The Bertz CT molecular complexity index is 904. The van der Waals surface area contributed by atoms with Crippen LogP contribution in [0.2, 0.25) is 0 Å². The summed E-state index contributed by atoms with van der Waals surface area (Å²) in [6, 6.07) is 1.56. The van der Waals surface area contributed by atoms with Crippen molar-refractivity contribution in [2.24, 2.45) is 0 Å². The van der Waals surface area contributed by atoms with Crippen molar-refractivity contribution < 1.29 is 9.59 Å². The lowest BCUT2D eigenvalue weighted by Crippen LogP contribution is -2.37. The van der Waals surface area contributed by atoms with E-state index < -0.39 is 0 Å². The molecular weight excluding hydrogens is 344 g/mol. The summed E-state index contributed by atoms with van der Waals surface area (Å²) >= 11 is 0. The van der Waals surface area contributed by atoms with Gasteiger partial charge < -0.3 is 10.2 Å². The van der Waals surface area contributed by atoms with Gasteiger partial charge in [0.1, 0.15) is 11.5 Å². The monoisotopic (exact) mass is 368 g/mol. The molecular formula is C19H24N6O2. The molecule has 0 saturated carbocycles. The number of hydrogen-bond donors (Lipinski definition) is 1. The highest BCUT2D eigenvalue weighted by Gasteiger charge is 2.25. The number of carbonyl (C=O) groups excluding carboxylic acids is 2. The Kier molecular flexibility index (Phi) is 4.63. The third-order valence-electron chi connectivity index (χ3n) is 5.30. The first-order valence-corrected chi connectivity index (χ1v) is 9.49. The molecule has 0 spiro atoms. The second-order valence-corrected chi connectivity index (χ2v) is 7.23. The first-order valence-electron chi connectivity index (χ1n) is 9.49. The lowest BCUT2D eigenvalue weighted by Gasteiger charge is -2.22. The highest BCUT2D eigenvalue weighted by molar-refractivity contribution is 5.98. The van der Waals surface area contributed by atoms with Gasteiger partial charge in [-0.1, -0.05) is 0 Å². The Morgan fingerprint density at radius 1 is 1.22 bits per heavy atom. The van der Waals surface area contributed by atoms with Crippen LogP contribution >= 0.6 is 0 Å². The van der Waals surface area contributed by atoms with E-state index in [1.807, 2.05) is 6.92 Å². The van der Waals surface area contributed by atoms with Crippen molar-refractivity contribution >= 4 is 11.8 Å².